The van der Waals surface area contributed by atoms with Crippen LogP contribution in [0.25, 0.3) is 0 Å². The fourth-order valence-electron chi connectivity index (χ4n) is 4.73. The zero-order valence-electron chi connectivity index (χ0n) is 35.2. The molecule has 0 spiro atoms. The summed E-state index contributed by atoms with van der Waals surface area (Å²) < 4.78 is 288. The van der Waals surface area contributed by atoms with Gasteiger partial charge in [0.1, 0.15) is 0 Å². The van der Waals surface area contributed by atoms with Crippen molar-refractivity contribution >= 4 is 11.8 Å². The molecular weight excluding hydrogens is 1100 g/mol. The molecule has 0 N–H and O–H groups in total. The van der Waals surface area contributed by atoms with Crippen LogP contribution >= 0.6 is 0 Å². The highest BCUT2D eigenvalue weighted by molar-refractivity contribution is 5.83. The molecule has 3 atom stereocenters. The molecule has 70 heavy (non-hydrogen) atoms. The second-order valence-corrected chi connectivity index (χ2v) is 10.2. The minimum Gasteiger partial charge on any atom is -0.336 e. The number of carbonyl (C=O) groups is 2. The van der Waals surface area contributed by atoms with Gasteiger partial charge < -0.3 is 9.80 Å². The number of halogens is 36. The monoisotopic (exact) mass is 1140 g/mol. The van der Waals surface area contributed by atoms with Gasteiger partial charge in [-0.3, -0.25) is 9.59 Å². The first-order valence-electron chi connectivity index (χ1n) is 15.1. The fourth-order valence-corrected chi connectivity index (χ4v) is 4.73. The molecule has 0 bridgehead atoms. The van der Waals surface area contributed by atoms with Gasteiger partial charge in [-0.15, -0.1) is 0 Å². The number of hydrogen-bond acceptors (Lipinski definition) is 2. The first kappa shape index (κ1) is 111. The van der Waals surface area contributed by atoms with E-state index in [1.165, 1.54) is 22.3 Å². The van der Waals surface area contributed by atoms with Crippen LogP contribution in [0.15, 0.2) is 71.8 Å². The normalized spacial score (nSPS) is 11.2. The maximum absolute atomic E-state index is 12.0. The summed E-state index contributed by atoms with van der Waals surface area (Å²) in [6, 6.07) is 20.9. The van der Waals surface area contributed by atoms with E-state index < -0.39 is 0 Å². The topological polar surface area (TPSA) is 40.6 Å². The average molecular weight is 1140 g/mol. The Kier molecular flexibility index (Phi) is 198. The summed E-state index contributed by atoms with van der Waals surface area (Å²) in [5.41, 5.74) is 4.99. The third-order valence-corrected chi connectivity index (χ3v) is 7.38. The molecule has 0 aliphatic carbocycles. The van der Waals surface area contributed by atoms with Crippen molar-refractivity contribution in [1.29, 1.82) is 0 Å². The van der Waals surface area contributed by atoms with Crippen molar-refractivity contribution in [1.82, 2.24) is 9.80 Å². The zero-order chi connectivity index (χ0) is 60.8. The number of likely N-dealkylation sites (tertiary alicyclic amines) is 2. The van der Waals surface area contributed by atoms with E-state index in [4.69, 9.17) is 165 Å². The predicted molar refractivity (Wildman–Crippen MR) is 179 cm³/mol. The fraction of sp³-hybridized carbons (Fsp3) is 0.467. The van der Waals surface area contributed by atoms with E-state index >= 15 is 0 Å². The van der Waals surface area contributed by atoms with Crippen LogP contribution < -0.4 is 0 Å². The Morgan fingerprint density at radius 1 is 0.400 bits per heavy atom. The molecule has 4 nitrogen and oxygen atoms in total. The highest BCUT2D eigenvalue weighted by Gasteiger charge is 2.34. The number of rotatable bonds is 5. The van der Waals surface area contributed by atoms with Gasteiger partial charge in [0.25, 0.3) is 0 Å². The van der Waals surface area contributed by atoms with Gasteiger partial charge in [-0.1, -0.05) is 80.1 Å². The van der Waals surface area contributed by atoms with Gasteiger partial charge in [-0.05, 0) is 56.2 Å². The Morgan fingerprint density at radius 2 is 0.643 bits per heavy atom. The van der Waals surface area contributed by atoms with Crippen molar-refractivity contribution < 1.29 is 174 Å². The molecule has 2 saturated heterocycles. The van der Waals surface area contributed by atoms with Gasteiger partial charge in [-0.2, -0.15) is 0 Å². The molecule has 2 aliphatic heterocycles. The number of benzene rings is 2. The Bertz CT molecular complexity index is 1060. The second kappa shape index (κ2) is 125. The molecule has 434 valence electrons. The summed E-state index contributed by atoms with van der Waals surface area (Å²) in [5, 5.41) is 0. The van der Waals surface area contributed by atoms with Crippen LogP contribution in [0, 0.1) is 11.8 Å². The third-order valence-electron chi connectivity index (χ3n) is 7.38. The second-order valence-electron chi connectivity index (χ2n) is 10.2. The Hall–Kier alpha value is -5.40. The number of hydrogen-bond donors (Lipinski definition) is 0. The number of allylic oxidation sites excluding steroid dienone is 1. The average Bonchev–Trinajstić information content (AvgIpc) is 4.11. The molecule has 4 rings (SSSR count). The van der Waals surface area contributed by atoms with E-state index in [1.54, 1.807) is 0 Å². The summed E-state index contributed by atoms with van der Waals surface area (Å²) in [6.45, 7) is 14.5. The molecule has 0 radical (unpaired) electrons. The molecule has 2 aliphatic rings. The summed E-state index contributed by atoms with van der Waals surface area (Å²) >= 11 is 0. The van der Waals surface area contributed by atoms with Crippen LogP contribution in [0.4, 0.5) is 165 Å². The molecule has 2 aromatic carbocycles. The highest BCUT2D eigenvalue weighted by Crippen LogP contribution is 2.32. The SMILES string of the molecule is CC(C)=C1CC(=O)N([C@H](C)c2ccccc2)C1.CC(C)C1CC(=O)N([C@H](C)c2ccccc2)C1.FF.FF.FF.FF.FF.FF.FF.FF.FF.FF.FF.FF.FF.FF.FF.FF.FF.FF. The van der Waals surface area contributed by atoms with Crippen molar-refractivity contribution in [3.05, 3.63) is 82.9 Å². The third kappa shape index (κ3) is 69.2. The lowest BCUT2D eigenvalue weighted by Crippen LogP contribution is -2.28. The molecule has 2 fully saturated rings. The summed E-state index contributed by atoms with van der Waals surface area (Å²) in [7, 11) is 0. The molecular formula is C30H40F36N2O2. The Balaban J connectivity index is -0.0000000364. The van der Waals surface area contributed by atoms with Gasteiger partial charge in [0.05, 0.1) is 12.1 Å². The van der Waals surface area contributed by atoms with Gasteiger partial charge >= 0.3 is 0 Å². The van der Waals surface area contributed by atoms with Crippen molar-refractivity contribution in [3.63, 3.8) is 0 Å². The lowest BCUT2D eigenvalue weighted by molar-refractivity contribution is -0.130. The predicted octanol–water partition coefficient (Wildman–Crippen LogP) is 21.7. The van der Waals surface area contributed by atoms with E-state index in [2.05, 4.69) is 65.8 Å². The van der Waals surface area contributed by atoms with E-state index in [0.717, 1.165) is 19.5 Å². The lowest BCUT2D eigenvalue weighted by Gasteiger charge is -2.25. The smallest absolute Gasteiger partial charge is 0.227 e. The first-order chi connectivity index (χ1) is 34.2. The van der Waals surface area contributed by atoms with Gasteiger partial charge in [0.15, 0.2) is 0 Å². The van der Waals surface area contributed by atoms with Crippen molar-refractivity contribution in [2.45, 2.75) is 66.5 Å². The number of carbonyl (C=O) groups excluding carboxylic acids is 2. The van der Waals surface area contributed by atoms with Crippen LogP contribution in [0.3, 0.4) is 0 Å². The van der Waals surface area contributed by atoms with Gasteiger partial charge in [0.2, 0.25) is 11.8 Å². The first-order valence-corrected chi connectivity index (χ1v) is 15.1. The van der Waals surface area contributed by atoms with Crippen LogP contribution in [-0.2, 0) is 9.59 Å². The van der Waals surface area contributed by atoms with Crippen molar-refractivity contribution in [2.75, 3.05) is 13.1 Å². The van der Waals surface area contributed by atoms with Crippen molar-refractivity contribution in [3.8, 4) is 0 Å². The zero-order valence-corrected chi connectivity index (χ0v) is 35.2. The largest absolute Gasteiger partial charge is 0.336 e. The summed E-state index contributed by atoms with van der Waals surface area (Å²) in [6.07, 6.45) is 1.31. The number of nitrogens with zero attached hydrogens (tertiary/aromatic N) is 2. The molecule has 2 amide bonds. The minimum atomic E-state index is 0.167. The van der Waals surface area contributed by atoms with Crippen LogP contribution in [0.5, 0.6) is 0 Å². The maximum Gasteiger partial charge on any atom is 0.227 e. The highest BCUT2D eigenvalue weighted by atomic mass is 20.0. The quantitative estimate of drug-likeness (QED) is 0.221. The Morgan fingerprint density at radius 3 is 0.843 bits per heavy atom. The summed E-state index contributed by atoms with van der Waals surface area (Å²) in [4.78, 5) is 28.0. The standard InChI is InChI=1S/C15H21NO.C15H19NO.18F2/c2*1-11(2)14-9-15(17)16(10-14)12(3)13-7-5-4-6-8-13;18*1-2/h4-8,11-12,14H,9-10H2,1-3H3;4-8,12H,9-10H2,1-3H3;;;;;;;;;;;;;;;;;;/t12-,14?;12-;;;;;;;;;;;;;;;;;;/m11................../s1. The van der Waals surface area contributed by atoms with E-state index in [0.29, 0.717) is 24.2 Å². The summed E-state index contributed by atoms with van der Waals surface area (Å²) in [5.74, 6) is 1.66. The number of amides is 2. The van der Waals surface area contributed by atoms with E-state index in [1.807, 2.05) is 46.2 Å². The molecule has 1 unspecified atom stereocenters. The molecule has 40 heteroatoms. The molecule has 2 aromatic rings. The van der Waals surface area contributed by atoms with E-state index in [-0.39, 0.29) is 18.0 Å². The van der Waals surface area contributed by atoms with Crippen LogP contribution in [0.1, 0.15) is 77.6 Å². The van der Waals surface area contributed by atoms with Gasteiger partial charge in [-0.25, -0.2) is 0 Å². The molecule has 2 heterocycles. The minimum absolute atomic E-state index is 0.167. The van der Waals surface area contributed by atoms with E-state index in [9.17, 15) is 9.59 Å². The molecule has 0 saturated carbocycles. The van der Waals surface area contributed by atoms with Gasteiger partial charge in [0, 0.05) is 191 Å². The lowest BCUT2D eigenvalue weighted by atomic mass is 9.95. The van der Waals surface area contributed by atoms with Crippen LogP contribution in [-0.4, -0.2) is 34.7 Å². The Labute approximate surface area is 371 Å². The van der Waals surface area contributed by atoms with Crippen molar-refractivity contribution in [2.24, 2.45) is 11.8 Å². The van der Waals surface area contributed by atoms with Crippen LogP contribution in [0.2, 0.25) is 0 Å². The molecule has 0 aromatic heterocycles. The maximum atomic E-state index is 12.0.